The lowest BCUT2D eigenvalue weighted by Crippen LogP contribution is -2.11. The van der Waals surface area contributed by atoms with Crippen LogP contribution in [0.4, 0.5) is 0 Å². The second-order valence-corrected chi connectivity index (χ2v) is 5.91. The van der Waals surface area contributed by atoms with Gasteiger partial charge < -0.3 is 0 Å². The van der Waals surface area contributed by atoms with Crippen molar-refractivity contribution in [1.82, 2.24) is 9.78 Å². The van der Waals surface area contributed by atoms with Gasteiger partial charge in [0.1, 0.15) is 0 Å². The lowest BCUT2D eigenvalue weighted by atomic mass is 9.87. The van der Waals surface area contributed by atoms with E-state index < -0.39 is 0 Å². The van der Waals surface area contributed by atoms with E-state index in [2.05, 4.69) is 38.0 Å². The third kappa shape index (κ3) is 2.60. The Morgan fingerprint density at radius 3 is 2.16 bits per heavy atom. The van der Waals surface area contributed by atoms with Gasteiger partial charge in [-0.15, -0.1) is 0 Å². The summed E-state index contributed by atoms with van der Waals surface area (Å²) in [7, 11) is 0. The molecule has 3 heteroatoms. The van der Waals surface area contributed by atoms with Gasteiger partial charge in [-0.1, -0.05) is 32.9 Å². The average molecular weight is 256 g/mol. The van der Waals surface area contributed by atoms with Crippen molar-refractivity contribution >= 4 is 5.78 Å². The normalized spacial score (nSPS) is 11.6. The quantitative estimate of drug-likeness (QED) is 0.768. The summed E-state index contributed by atoms with van der Waals surface area (Å²) in [5.41, 5.74) is 3.98. The number of aromatic nitrogens is 2. The van der Waals surface area contributed by atoms with Gasteiger partial charge in [-0.25, -0.2) is 4.68 Å². The first-order valence-electron chi connectivity index (χ1n) is 6.47. The number of nitrogens with zero attached hydrogens (tertiary/aromatic N) is 2. The topological polar surface area (TPSA) is 34.9 Å². The van der Waals surface area contributed by atoms with Crippen molar-refractivity contribution in [3.05, 3.63) is 47.3 Å². The second kappa shape index (κ2) is 4.65. The number of carbonyl (C=O) groups is 1. The van der Waals surface area contributed by atoms with E-state index in [0.717, 1.165) is 11.4 Å². The van der Waals surface area contributed by atoms with E-state index in [9.17, 15) is 4.79 Å². The van der Waals surface area contributed by atoms with Crippen LogP contribution in [0.25, 0.3) is 5.69 Å². The minimum atomic E-state index is 0.0510. The molecule has 19 heavy (non-hydrogen) atoms. The highest BCUT2D eigenvalue weighted by Gasteiger charge is 2.15. The molecule has 2 aromatic rings. The van der Waals surface area contributed by atoms with Gasteiger partial charge in [-0.2, -0.15) is 5.10 Å². The first-order valence-corrected chi connectivity index (χ1v) is 6.47. The number of Topliss-reactive ketones (excluding diaryl/α,β-unsaturated/α-hetero) is 1. The van der Waals surface area contributed by atoms with Gasteiger partial charge in [0.05, 0.1) is 23.1 Å². The summed E-state index contributed by atoms with van der Waals surface area (Å²) in [4.78, 5) is 11.4. The van der Waals surface area contributed by atoms with Crippen LogP contribution in [0.15, 0.2) is 30.5 Å². The van der Waals surface area contributed by atoms with Crippen molar-refractivity contribution in [3.8, 4) is 5.69 Å². The summed E-state index contributed by atoms with van der Waals surface area (Å²) >= 11 is 0. The van der Waals surface area contributed by atoms with Crippen molar-refractivity contribution < 1.29 is 4.79 Å². The molecule has 0 bridgehead atoms. The fourth-order valence-corrected chi connectivity index (χ4v) is 2.12. The van der Waals surface area contributed by atoms with Crippen LogP contribution >= 0.6 is 0 Å². The average Bonchev–Trinajstić information content (AvgIpc) is 2.70. The minimum Gasteiger partial charge on any atom is -0.294 e. The van der Waals surface area contributed by atoms with Crippen molar-refractivity contribution in [2.45, 2.75) is 40.0 Å². The van der Waals surface area contributed by atoms with Crippen LogP contribution in [-0.4, -0.2) is 15.6 Å². The summed E-state index contributed by atoms with van der Waals surface area (Å²) in [6.07, 6.45) is 1.63. The number of carbonyl (C=O) groups excluding carboxylic acids is 1. The molecular weight excluding hydrogens is 236 g/mol. The van der Waals surface area contributed by atoms with E-state index in [-0.39, 0.29) is 11.2 Å². The highest BCUT2D eigenvalue weighted by Crippen LogP contribution is 2.23. The third-order valence-corrected chi connectivity index (χ3v) is 3.37. The van der Waals surface area contributed by atoms with Gasteiger partial charge in [0.2, 0.25) is 0 Å². The van der Waals surface area contributed by atoms with Crippen LogP contribution in [0.3, 0.4) is 0 Å². The monoisotopic (exact) mass is 256 g/mol. The number of benzene rings is 1. The molecule has 0 aliphatic heterocycles. The molecule has 0 fully saturated rings. The molecule has 1 aromatic heterocycles. The zero-order valence-electron chi connectivity index (χ0n) is 12.2. The molecule has 0 amide bonds. The van der Waals surface area contributed by atoms with Gasteiger partial charge in [0.25, 0.3) is 0 Å². The maximum absolute atomic E-state index is 11.4. The molecule has 0 spiro atoms. The Labute approximate surface area is 114 Å². The summed E-state index contributed by atoms with van der Waals surface area (Å²) in [5, 5.41) is 4.29. The minimum absolute atomic E-state index is 0.0510. The lowest BCUT2D eigenvalue weighted by Gasteiger charge is -2.19. The fourth-order valence-electron chi connectivity index (χ4n) is 2.12. The van der Waals surface area contributed by atoms with Gasteiger partial charge in [0, 0.05) is 0 Å². The van der Waals surface area contributed by atoms with Gasteiger partial charge >= 0.3 is 0 Å². The number of ketones is 1. The van der Waals surface area contributed by atoms with Crippen LogP contribution in [0.5, 0.6) is 0 Å². The molecule has 0 saturated carbocycles. The molecule has 1 aromatic carbocycles. The van der Waals surface area contributed by atoms with Crippen LogP contribution in [-0.2, 0) is 5.41 Å². The molecule has 0 N–H and O–H groups in total. The molecular formula is C16H20N2O. The fraction of sp³-hybridized carbons (Fsp3) is 0.375. The second-order valence-electron chi connectivity index (χ2n) is 5.91. The lowest BCUT2D eigenvalue weighted by molar-refractivity contribution is 0.101. The Kier molecular flexibility index (Phi) is 3.31. The zero-order chi connectivity index (χ0) is 14.2. The Hall–Kier alpha value is -1.90. The Bertz CT molecular complexity index is 601. The number of hydrogen-bond acceptors (Lipinski definition) is 2. The maximum atomic E-state index is 11.4. The van der Waals surface area contributed by atoms with Crippen molar-refractivity contribution in [1.29, 1.82) is 0 Å². The van der Waals surface area contributed by atoms with E-state index in [1.54, 1.807) is 13.1 Å². The highest BCUT2D eigenvalue weighted by atomic mass is 16.1. The molecule has 100 valence electrons. The molecule has 0 saturated heterocycles. The number of hydrogen-bond donors (Lipinski definition) is 0. The smallest absolute Gasteiger partial charge is 0.163 e. The predicted octanol–water partition coefficient (Wildman–Crippen LogP) is 3.68. The molecule has 1 heterocycles. The molecule has 0 atom stereocenters. The van der Waals surface area contributed by atoms with Crippen molar-refractivity contribution in [2.75, 3.05) is 0 Å². The summed E-state index contributed by atoms with van der Waals surface area (Å²) in [5.74, 6) is 0.0510. The predicted molar refractivity (Wildman–Crippen MR) is 77.0 cm³/mol. The third-order valence-electron chi connectivity index (χ3n) is 3.37. The standard InChI is InChI=1S/C16H20N2O/c1-11-15(12(2)19)10-17-18(11)14-8-6-13(7-9-14)16(3,4)5/h6-10H,1-5H3. The van der Waals surface area contributed by atoms with Crippen LogP contribution in [0.1, 0.15) is 49.3 Å². The van der Waals surface area contributed by atoms with Crippen LogP contribution in [0.2, 0.25) is 0 Å². The molecule has 0 aliphatic rings. The first-order chi connectivity index (χ1) is 8.80. The van der Waals surface area contributed by atoms with Gasteiger partial charge in [0.15, 0.2) is 5.78 Å². The van der Waals surface area contributed by atoms with E-state index in [4.69, 9.17) is 0 Å². The maximum Gasteiger partial charge on any atom is 0.163 e. The molecule has 0 radical (unpaired) electrons. The molecule has 0 unspecified atom stereocenters. The van der Waals surface area contributed by atoms with E-state index >= 15 is 0 Å². The Morgan fingerprint density at radius 1 is 1.16 bits per heavy atom. The highest BCUT2D eigenvalue weighted by molar-refractivity contribution is 5.95. The van der Waals surface area contributed by atoms with Crippen LogP contribution in [0, 0.1) is 6.92 Å². The van der Waals surface area contributed by atoms with E-state index in [1.807, 2.05) is 23.7 Å². The molecule has 0 aliphatic carbocycles. The molecule has 2 rings (SSSR count). The summed E-state index contributed by atoms with van der Waals surface area (Å²) in [6, 6.07) is 8.32. The largest absolute Gasteiger partial charge is 0.294 e. The Balaban J connectivity index is 2.41. The SMILES string of the molecule is CC(=O)c1cnn(-c2ccc(C(C)(C)C)cc2)c1C. The van der Waals surface area contributed by atoms with Gasteiger partial charge in [-0.3, -0.25) is 4.79 Å². The van der Waals surface area contributed by atoms with Crippen molar-refractivity contribution in [3.63, 3.8) is 0 Å². The molecule has 3 nitrogen and oxygen atoms in total. The van der Waals surface area contributed by atoms with E-state index in [0.29, 0.717) is 5.56 Å². The van der Waals surface area contributed by atoms with Crippen molar-refractivity contribution in [2.24, 2.45) is 0 Å². The number of rotatable bonds is 2. The van der Waals surface area contributed by atoms with Gasteiger partial charge in [-0.05, 0) is 37.0 Å². The summed E-state index contributed by atoms with van der Waals surface area (Å²) in [6.45, 7) is 10.1. The van der Waals surface area contributed by atoms with E-state index in [1.165, 1.54) is 5.56 Å². The zero-order valence-corrected chi connectivity index (χ0v) is 12.2. The first kappa shape index (κ1) is 13.5. The van der Waals surface area contributed by atoms with Crippen LogP contribution < -0.4 is 0 Å². The Morgan fingerprint density at radius 2 is 1.74 bits per heavy atom. The summed E-state index contributed by atoms with van der Waals surface area (Å²) < 4.78 is 1.81.